The van der Waals surface area contributed by atoms with E-state index in [0.717, 1.165) is 0 Å². The number of nitrogen functional groups attached to an aromatic ring is 1. The van der Waals surface area contributed by atoms with Crippen LogP contribution in [0.1, 0.15) is 15.9 Å². The lowest BCUT2D eigenvalue weighted by molar-refractivity contribution is -0.131. The maximum Gasteiger partial charge on any atom is 0.377 e. The van der Waals surface area contributed by atoms with Crippen LogP contribution in [0.2, 0.25) is 0 Å². The van der Waals surface area contributed by atoms with Crippen LogP contribution in [0.15, 0.2) is 18.2 Å². The average Bonchev–Trinajstić information content (AvgIpc) is 2.08. The number of hydrogen-bond acceptors (Lipinski definition) is 3. The van der Waals surface area contributed by atoms with E-state index in [4.69, 9.17) is 10.8 Å². The number of anilines is 1. The second-order valence-corrected chi connectivity index (χ2v) is 2.71. The minimum absolute atomic E-state index is 0.146. The molecule has 3 N–H and O–H groups in total. The predicted octanol–water partition coefficient (Wildman–Crippen LogP) is 0.845. The van der Waals surface area contributed by atoms with Gasteiger partial charge in [-0.2, -0.15) is 0 Å². The molecule has 0 heterocycles. The highest BCUT2D eigenvalue weighted by Crippen LogP contribution is 2.13. The number of Topliss-reactive ketones (excluding diaryl/α,β-unsaturated/α-hetero) is 1. The zero-order chi connectivity index (χ0) is 10.0. The van der Waals surface area contributed by atoms with Crippen LogP contribution in [-0.2, 0) is 4.79 Å². The Morgan fingerprint density at radius 3 is 2.54 bits per heavy atom. The number of carbonyl (C=O) groups is 2. The van der Waals surface area contributed by atoms with Gasteiger partial charge in [0, 0.05) is 11.3 Å². The molecule has 1 rings (SSSR count). The van der Waals surface area contributed by atoms with E-state index in [9.17, 15) is 9.59 Å². The van der Waals surface area contributed by atoms with Crippen molar-refractivity contribution in [3.63, 3.8) is 0 Å². The minimum Gasteiger partial charge on any atom is -0.475 e. The van der Waals surface area contributed by atoms with Gasteiger partial charge in [-0.15, -0.1) is 0 Å². The molecule has 13 heavy (non-hydrogen) atoms. The van der Waals surface area contributed by atoms with Gasteiger partial charge in [0.25, 0.3) is 5.78 Å². The Morgan fingerprint density at radius 1 is 1.38 bits per heavy atom. The lowest BCUT2D eigenvalue weighted by Crippen LogP contribution is -2.14. The molecule has 0 spiro atoms. The Kier molecular flexibility index (Phi) is 2.32. The lowest BCUT2D eigenvalue weighted by atomic mass is 10.0. The Bertz CT molecular complexity index is 371. The van der Waals surface area contributed by atoms with Crippen molar-refractivity contribution in [3.8, 4) is 0 Å². The summed E-state index contributed by atoms with van der Waals surface area (Å²) < 4.78 is 0. The SMILES string of the molecule is Cc1ccc(N)cc1C(=O)C(=O)O. The third-order valence-corrected chi connectivity index (χ3v) is 1.70. The summed E-state index contributed by atoms with van der Waals surface area (Å²) in [4.78, 5) is 21.4. The molecule has 0 aliphatic carbocycles. The van der Waals surface area contributed by atoms with Gasteiger partial charge in [0.2, 0.25) is 0 Å². The lowest BCUT2D eigenvalue weighted by Gasteiger charge is -2.02. The molecular formula is C9H9NO3. The highest BCUT2D eigenvalue weighted by atomic mass is 16.4. The van der Waals surface area contributed by atoms with Crippen LogP contribution in [0.4, 0.5) is 5.69 Å². The maximum atomic E-state index is 11.1. The van der Waals surface area contributed by atoms with Crippen molar-refractivity contribution >= 4 is 17.4 Å². The molecule has 4 nitrogen and oxygen atoms in total. The number of carboxylic acids is 1. The van der Waals surface area contributed by atoms with Crippen LogP contribution in [0.25, 0.3) is 0 Å². The Morgan fingerprint density at radius 2 is 2.00 bits per heavy atom. The topological polar surface area (TPSA) is 80.4 Å². The quantitative estimate of drug-likeness (QED) is 0.400. The number of ketones is 1. The number of carbonyl (C=O) groups excluding carboxylic acids is 1. The van der Waals surface area contributed by atoms with E-state index in [2.05, 4.69) is 0 Å². The molecule has 68 valence electrons. The zero-order valence-electron chi connectivity index (χ0n) is 7.07. The molecule has 1 aromatic carbocycles. The van der Waals surface area contributed by atoms with Crippen LogP contribution in [0, 0.1) is 6.92 Å². The molecule has 0 bridgehead atoms. The molecule has 0 amide bonds. The van der Waals surface area contributed by atoms with Gasteiger partial charge in [-0.1, -0.05) is 6.07 Å². The minimum atomic E-state index is -1.46. The number of aliphatic carboxylic acids is 1. The third-order valence-electron chi connectivity index (χ3n) is 1.70. The maximum absolute atomic E-state index is 11.1. The van der Waals surface area contributed by atoms with Gasteiger partial charge in [0.15, 0.2) is 0 Å². The van der Waals surface area contributed by atoms with Gasteiger partial charge < -0.3 is 10.8 Å². The van der Waals surface area contributed by atoms with Gasteiger partial charge in [0.05, 0.1) is 0 Å². The Balaban J connectivity index is 3.21. The number of benzene rings is 1. The first-order valence-corrected chi connectivity index (χ1v) is 3.66. The molecule has 0 fully saturated rings. The third kappa shape index (κ3) is 1.84. The summed E-state index contributed by atoms with van der Waals surface area (Å²) in [5.74, 6) is -2.39. The summed E-state index contributed by atoms with van der Waals surface area (Å²) in [6, 6.07) is 4.60. The first kappa shape index (κ1) is 9.25. The Labute approximate surface area is 75.0 Å². The first-order valence-electron chi connectivity index (χ1n) is 3.66. The van der Waals surface area contributed by atoms with E-state index in [1.165, 1.54) is 6.07 Å². The summed E-state index contributed by atoms with van der Waals surface area (Å²) in [6.07, 6.45) is 0. The molecule has 0 aromatic heterocycles. The van der Waals surface area contributed by atoms with Gasteiger partial charge >= 0.3 is 5.97 Å². The summed E-state index contributed by atoms with van der Waals surface area (Å²) in [6.45, 7) is 1.66. The molecular weight excluding hydrogens is 170 g/mol. The number of nitrogens with two attached hydrogens (primary N) is 1. The summed E-state index contributed by atoms with van der Waals surface area (Å²) in [7, 11) is 0. The second kappa shape index (κ2) is 3.26. The number of carboxylic acid groups (broad SMARTS) is 1. The summed E-state index contributed by atoms with van der Waals surface area (Å²) >= 11 is 0. The second-order valence-electron chi connectivity index (χ2n) is 2.71. The van der Waals surface area contributed by atoms with Gasteiger partial charge in [-0.3, -0.25) is 4.79 Å². The number of rotatable bonds is 2. The number of hydrogen-bond donors (Lipinski definition) is 2. The Hall–Kier alpha value is -1.84. The van der Waals surface area contributed by atoms with Crippen molar-refractivity contribution in [2.24, 2.45) is 0 Å². The van der Waals surface area contributed by atoms with Crippen molar-refractivity contribution in [1.82, 2.24) is 0 Å². The van der Waals surface area contributed by atoms with Gasteiger partial charge in [-0.05, 0) is 24.6 Å². The molecule has 0 atom stereocenters. The van der Waals surface area contributed by atoms with Crippen LogP contribution >= 0.6 is 0 Å². The van der Waals surface area contributed by atoms with E-state index in [1.54, 1.807) is 19.1 Å². The fourth-order valence-corrected chi connectivity index (χ4v) is 0.999. The van der Waals surface area contributed by atoms with E-state index in [-0.39, 0.29) is 5.56 Å². The van der Waals surface area contributed by atoms with Crippen molar-refractivity contribution in [2.45, 2.75) is 6.92 Å². The monoisotopic (exact) mass is 179 g/mol. The van der Waals surface area contributed by atoms with Crippen molar-refractivity contribution in [3.05, 3.63) is 29.3 Å². The zero-order valence-corrected chi connectivity index (χ0v) is 7.07. The van der Waals surface area contributed by atoms with Crippen LogP contribution < -0.4 is 5.73 Å². The molecule has 0 aliphatic rings. The number of aryl methyl sites for hydroxylation is 1. The van der Waals surface area contributed by atoms with Gasteiger partial charge in [0.1, 0.15) is 0 Å². The van der Waals surface area contributed by atoms with Crippen molar-refractivity contribution < 1.29 is 14.7 Å². The van der Waals surface area contributed by atoms with Crippen molar-refractivity contribution in [1.29, 1.82) is 0 Å². The highest BCUT2D eigenvalue weighted by molar-refractivity contribution is 6.40. The fourth-order valence-electron chi connectivity index (χ4n) is 0.999. The fraction of sp³-hybridized carbons (Fsp3) is 0.111. The van der Waals surface area contributed by atoms with E-state index in [1.807, 2.05) is 0 Å². The van der Waals surface area contributed by atoms with E-state index < -0.39 is 11.8 Å². The largest absolute Gasteiger partial charge is 0.475 e. The predicted molar refractivity (Wildman–Crippen MR) is 47.6 cm³/mol. The van der Waals surface area contributed by atoms with E-state index in [0.29, 0.717) is 11.3 Å². The molecule has 0 aliphatic heterocycles. The highest BCUT2D eigenvalue weighted by Gasteiger charge is 2.16. The molecule has 0 saturated carbocycles. The van der Waals surface area contributed by atoms with Crippen LogP contribution in [-0.4, -0.2) is 16.9 Å². The first-order chi connectivity index (χ1) is 6.02. The standard InChI is InChI=1S/C9H9NO3/c1-5-2-3-6(10)4-7(5)8(11)9(12)13/h2-4H,10H2,1H3,(H,12,13). The van der Waals surface area contributed by atoms with E-state index >= 15 is 0 Å². The normalized spacial score (nSPS) is 9.62. The van der Waals surface area contributed by atoms with Crippen molar-refractivity contribution in [2.75, 3.05) is 5.73 Å². The summed E-state index contributed by atoms with van der Waals surface area (Å²) in [5.41, 5.74) is 6.56. The average molecular weight is 179 g/mol. The molecule has 4 heteroatoms. The molecule has 0 saturated heterocycles. The van der Waals surface area contributed by atoms with Crippen LogP contribution in [0.3, 0.4) is 0 Å². The molecule has 1 aromatic rings. The molecule has 0 radical (unpaired) electrons. The summed E-state index contributed by atoms with van der Waals surface area (Å²) in [5, 5.41) is 8.46. The van der Waals surface area contributed by atoms with Crippen LogP contribution in [0.5, 0.6) is 0 Å². The van der Waals surface area contributed by atoms with Gasteiger partial charge in [-0.25, -0.2) is 4.79 Å². The smallest absolute Gasteiger partial charge is 0.377 e. The molecule has 0 unspecified atom stereocenters.